The fourth-order valence-corrected chi connectivity index (χ4v) is 3.03. The Morgan fingerprint density at radius 1 is 1.29 bits per heavy atom. The normalized spacial score (nSPS) is 15.9. The molecule has 1 fully saturated rings. The van der Waals surface area contributed by atoms with E-state index in [1.807, 2.05) is 0 Å². The van der Waals surface area contributed by atoms with Crippen molar-refractivity contribution >= 4 is 35.0 Å². The number of halogens is 2. The van der Waals surface area contributed by atoms with E-state index in [0.29, 0.717) is 47.3 Å². The molecule has 5 nitrogen and oxygen atoms in total. The van der Waals surface area contributed by atoms with Gasteiger partial charge in [0, 0.05) is 24.0 Å². The molecule has 2 rings (SSSR count). The first-order valence-electron chi connectivity index (χ1n) is 6.55. The number of amides is 2. The van der Waals surface area contributed by atoms with Crippen molar-refractivity contribution in [3.63, 3.8) is 0 Å². The summed E-state index contributed by atoms with van der Waals surface area (Å²) in [6.45, 7) is 0.944. The maximum atomic E-state index is 12.6. The summed E-state index contributed by atoms with van der Waals surface area (Å²) in [6.07, 6.45) is 1.13. The van der Waals surface area contributed by atoms with E-state index in [1.54, 1.807) is 4.90 Å². The largest absolute Gasteiger partial charge is 0.494 e. The van der Waals surface area contributed by atoms with Crippen molar-refractivity contribution in [2.45, 2.75) is 12.8 Å². The number of methoxy groups -OCH3 is 1. The van der Waals surface area contributed by atoms with Gasteiger partial charge in [-0.2, -0.15) is 0 Å². The third-order valence-electron chi connectivity index (χ3n) is 3.63. The number of nitrogens with two attached hydrogens (primary N) is 1. The number of hydrogen-bond acceptors (Lipinski definition) is 3. The topological polar surface area (TPSA) is 72.6 Å². The Hall–Kier alpha value is -1.46. The average Bonchev–Trinajstić information content (AvgIpc) is 2.46. The highest BCUT2D eigenvalue weighted by Gasteiger charge is 2.28. The highest BCUT2D eigenvalue weighted by molar-refractivity contribution is 6.36. The zero-order valence-electron chi connectivity index (χ0n) is 11.6. The summed E-state index contributed by atoms with van der Waals surface area (Å²) in [6, 6.07) is 3.06. The SMILES string of the molecule is COc1c(Cl)cc(Cl)cc1C(=O)N1CCC(C(N)=O)CC1. The van der Waals surface area contributed by atoms with Crippen LogP contribution in [-0.4, -0.2) is 36.9 Å². The van der Waals surface area contributed by atoms with Gasteiger partial charge >= 0.3 is 0 Å². The Kier molecular flexibility index (Phi) is 4.96. The van der Waals surface area contributed by atoms with E-state index in [4.69, 9.17) is 33.7 Å². The number of ether oxygens (including phenoxy) is 1. The number of hydrogen-bond donors (Lipinski definition) is 1. The molecule has 0 unspecified atom stereocenters. The van der Waals surface area contributed by atoms with Crippen molar-refractivity contribution in [1.82, 2.24) is 4.90 Å². The number of piperidine rings is 1. The minimum absolute atomic E-state index is 0.168. The molecule has 2 N–H and O–H groups in total. The fraction of sp³-hybridized carbons (Fsp3) is 0.429. The Morgan fingerprint density at radius 2 is 1.90 bits per heavy atom. The minimum Gasteiger partial charge on any atom is -0.494 e. The van der Waals surface area contributed by atoms with Crippen molar-refractivity contribution in [3.8, 4) is 5.75 Å². The van der Waals surface area contributed by atoms with E-state index < -0.39 is 0 Å². The van der Waals surface area contributed by atoms with Crippen LogP contribution in [0, 0.1) is 5.92 Å². The van der Waals surface area contributed by atoms with E-state index in [9.17, 15) is 9.59 Å². The molecule has 21 heavy (non-hydrogen) atoms. The molecular formula is C14H16Cl2N2O3. The lowest BCUT2D eigenvalue weighted by molar-refractivity contribution is -0.123. The minimum atomic E-state index is -0.314. The summed E-state index contributed by atoms with van der Waals surface area (Å²) in [4.78, 5) is 25.4. The molecule has 2 amide bonds. The van der Waals surface area contributed by atoms with E-state index in [1.165, 1.54) is 19.2 Å². The maximum Gasteiger partial charge on any atom is 0.257 e. The maximum absolute atomic E-state index is 12.6. The van der Waals surface area contributed by atoms with Crippen molar-refractivity contribution in [1.29, 1.82) is 0 Å². The summed E-state index contributed by atoms with van der Waals surface area (Å²) < 4.78 is 5.19. The molecule has 1 aromatic carbocycles. The molecular weight excluding hydrogens is 315 g/mol. The number of carbonyl (C=O) groups excluding carboxylic acids is 2. The monoisotopic (exact) mass is 330 g/mol. The number of rotatable bonds is 3. The first kappa shape index (κ1) is 15.9. The second-order valence-electron chi connectivity index (χ2n) is 4.94. The molecule has 1 aromatic rings. The second kappa shape index (κ2) is 6.54. The lowest BCUT2D eigenvalue weighted by Crippen LogP contribution is -2.41. The molecule has 0 bridgehead atoms. The highest BCUT2D eigenvalue weighted by atomic mass is 35.5. The van der Waals surface area contributed by atoms with Gasteiger partial charge in [0.25, 0.3) is 5.91 Å². The molecule has 0 atom stereocenters. The lowest BCUT2D eigenvalue weighted by atomic mass is 9.96. The Morgan fingerprint density at radius 3 is 2.43 bits per heavy atom. The fourth-order valence-electron chi connectivity index (χ4n) is 2.46. The zero-order valence-corrected chi connectivity index (χ0v) is 13.1. The van der Waals surface area contributed by atoms with Gasteiger partial charge in [-0.05, 0) is 25.0 Å². The van der Waals surface area contributed by atoms with Crippen molar-refractivity contribution in [2.24, 2.45) is 11.7 Å². The lowest BCUT2D eigenvalue weighted by Gasteiger charge is -2.31. The van der Waals surface area contributed by atoms with Gasteiger partial charge in [-0.1, -0.05) is 23.2 Å². The molecule has 0 radical (unpaired) electrons. The first-order valence-corrected chi connectivity index (χ1v) is 7.31. The van der Waals surface area contributed by atoms with Crippen LogP contribution >= 0.6 is 23.2 Å². The van der Waals surface area contributed by atoms with Gasteiger partial charge in [-0.25, -0.2) is 0 Å². The zero-order chi connectivity index (χ0) is 15.6. The van der Waals surface area contributed by atoms with Crippen LogP contribution in [0.15, 0.2) is 12.1 Å². The van der Waals surface area contributed by atoms with Crippen LogP contribution in [0.4, 0.5) is 0 Å². The highest BCUT2D eigenvalue weighted by Crippen LogP contribution is 2.33. The van der Waals surface area contributed by atoms with Gasteiger partial charge in [-0.3, -0.25) is 9.59 Å². The number of nitrogens with zero attached hydrogens (tertiary/aromatic N) is 1. The van der Waals surface area contributed by atoms with Crippen LogP contribution in [0.5, 0.6) is 5.75 Å². The van der Waals surface area contributed by atoms with Crippen LogP contribution in [0.2, 0.25) is 10.0 Å². The van der Waals surface area contributed by atoms with E-state index in [-0.39, 0.29) is 17.7 Å². The number of carbonyl (C=O) groups is 2. The quantitative estimate of drug-likeness (QED) is 0.924. The summed E-state index contributed by atoms with van der Waals surface area (Å²) in [7, 11) is 1.45. The summed E-state index contributed by atoms with van der Waals surface area (Å²) in [5.74, 6) is -0.383. The van der Waals surface area contributed by atoms with Crippen LogP contribution in [0.25, 0.3) is 0 Å². The first-order chi connectivity index (χ1) is 9.93. The van der Waals surface area contributed by atoms with E-state index >= 15 is 0 Å². The van der Waals surface area contributed by atoms with Crippen LogP contribution in [0.1, 0.15) is 23.2 Å². The van der Waals surface area contributed by atoms with Crippen molar-refractivity contribution < 1.29 is 14.3 Å². The standard InChI is InChI=1S/C14H16Cl2N2O3/c1-21-12-10(6-9(15)7-11(12)16)14(20)18-4-2-8(3-5-18)13(17)19/h6-8H,2-5H2,1H3,(H2,17,19). The van der Waals surface area contributed by atoms with E-state index in [0.717, 1.165) is 0 Å². The summed E-state index contributed by atoms with van der Waals surface area (Å²) >= 11 is 12.0. The van der Waals surface area contributed by atoms with Crippen LogP contribution < -0.4 is 10.5 Å². The molecule has 114 valence electrons. The molecule has 1 aliphatic heterocycles. The Labute approximate surface area is 132 Å². The second-order valence-corrected chi connectivity index (χ2v) is 5.78. The molecule has 1 heterocycles. The summed E-state index contributed by atoms with van der Waals surface area (Å²) in [5, 5.41) is 0.663. The number of benzene rings is 1. The van der Waals surface area contributed by atoms with Gasteiger partial charge < -0.3 is 15.4 Å². The van der Waals surface area contributed by atoms with Gasteiger partial charge in [0.05, 0.1) is 17.7 Å². The Balaban J connectivity index is 2.20. The van der Waals surface area contributed by atoms with E-state index in [2.05, 4.69) is 0 Å². The van der Waals surface area contributed by atoms with Crippen molar-refractivity contribution in [2.75, 3.05) is 20.2 Å². The molecule has 0 aliphatic carbocycles. The molecule has 7 heteroatoms. The average molecular weight is 331 g/mol. The van der Waals surface area contributed by atoms with Gasteiger partial charge in [0.2, 0.25) is 5.91 Å². The van der Waals surface area contributed by atoms with Crippen molar-refractivity contribution in [3.05, 3.63) is 27.7 Å². The molecule has 0 spiro atoms. The Bertz CT molecular complexity index is 570. The number of likely N-dealkylation sites (tertiary alicyclic amines) is 1. The molecule has 1 aliphatic rings. The number of primary amides is 1. The van der Waals surface area contributed by atoms with Crippen LogP contribution in [-0.2, 0) is 4.79 Å². The van der Waals surface area contributed by atoms with Gasteiger partial charge in [0.15, 0.2) is 0 Å². The van der Waals surface area contributed by atoms with Crippen LogP contribution in [0.3, 0.4) is 0 Å². The summed E-state index contributed by atoms with van der Waals surface area (Å²) in [5.41, 5.74) is 5.61. The third kappa shape index (κ3) is 3.41. The smallest absolute Gasteiger partial charge is 0.257 e. The predicted molar refractivity (Wildman–Crippen MR) is 80.8 cm³/mol. The third-order valence-corrected chi connectivity index (χ3v) is 4.13. The molecule has 0 aromatic heterocycles. The van der Waals surface area contributed by atoms with Gasteiger partial charge in [-0.15, -0.1) is 0 Å². The molecule has 1 saturated heterocycles. The predicted octanol–water partition coefficient (Wildman–Crippen LogP) is 2.34. The molecule has 0 saturated carbocycles. The van der Waals surface area contributed by atoms with Gasteiger partial charge in [0.1, 0.15) is 5.75 Å².